The lowest BCUT2D eigenvalue weighted by Gasteiger charge is -2.36. The number of nitrogens with one attached hydrogen (secondary N) is 2. The Morgan fingerprint density at radius 3 is 2.19 bits per heavy atom. The first-order valence-corrected chi connectivity index (χ1v) is 29.7. The summed E-state index contributed by atoms with van der Waals surface area (Å²) in [5, 5.41) is 46.4. The summed E-state index contributed by atoms with van der Waals surface area (Å²) in [6, 6.07) is 0. The smallest absolute Gasteiger partial charge is 0.274 e. The monoisotopic (exact) mass is 1130 g/mol. The number of imidazole rings is 1. The molecule has 0 radical (unpaired) electrons. The second-order valence-corrected chi connectivity index (χ2v) is 24.0. The summed E-state index contributed by atoms with van der Waals surface area (Å²) in [6.45, 7) is 3.83. The number of phosphoric ester groups is 3. The van der Waals surface area contributed by atoms with Crippen molar-refractivity contribution in [2.75, 3.05) is 37.8 Å². The van der Waals surface area contributed by atoms with Crippen molar-refractivity contribution < 1.29 is 100 Å². The van der Waals surface area contributed by atoms with Crippen LogP contribution >= 0.6 is 35.2 Å². The Morgan fingerprint density at radius 1 is 0.892 bits per heavy atom. The number of rotatable bonds is 34. The van der Waals surface area contributed by atoms with Crippen LogP contribution in [0.3, 0.4) is 0 Å². The molecule has 4 heterocycles. The molecule has 0 bridgehead atoms. The predicted octanol–water partition coefficient (Wildman–Crippen LogP) is 0.0797. The SMILES string of the molecule is C[C@H](CCCCCCCCCCCCC(=O)SCCNC(=O)CCNC(=O)[C@H](O)C(C)(C)COP(=O)([O-])OP(=O)([O-])OC[C@H]1O[C@@H](n2cnc3c(N)ncnc32)[C@H](O)[C@@H]1OP(=O)([O-])[O-])O[C@@H]1O[C@@H](C)[C@H](O)C[C@H]1O. The molecular weight excluding hydrogens is 1060 g/mol. The molecular formula is C42H70N7O21P3S-4. The molecule has 8 N–H and O–H groups in total. The third-order valence-corrected chi connectivity index (χ3v) is 16.0. The Morgan fingerprint density at radius 2 is 1.53 bits per heavy atom. The number of nitrogens with two attached hydrogens (primary N) is 1. The van der Waals surface area contributed by atoms with Crippen LogP contribution in [0.4, 0.5) is 5.82 Å². The average Bonchev–Trinajstić information content (AvgIpc) is 3.88. The number of aliphatic hydroxyl groups excluding tert-OH is 4. The highest BCUT2D eigenvalue weighted by atomic mass is 32.2. The molecule has 2 fully saturated rings. The molecule has 0 saturated carbocycles. The molecule has 28 nitrogen and oxygen atoms in total. The number of carbonyl (C=O) groups excluding carboxylic acids is 3. The van der Waals surface area contributed by atoms with Crippen molar-refractivity contribution in [2.24, 2.45) is 5.41 Å². The summed E-state index contributed by atoms with van der Waals surface area (Å²) < 4.78 is 72.3. The molecule has 2 aliphatic rings. The Balaban J connectivity index is 1.02. The summed E-state index contributed by atoms with van der Waals surface area (Å²) in [5.41, 5.74) is 4.07. The van der Waals surface area contributed by atoms with Crippen molar-refractivity contribution in [3.63, 3.8) is 0 Å². The van der Waals surface area contributed by atoms with E-state index >= 15 is 0 Å². The van der Waals surface area contributed by atoms with Gasteiger partial charge in [0.1, 0.15) is 42.4 Å². The van der Waals surface area contributed by atoms with Crippen molar-refractivity contribution in [3.8, 4) is 0 Å². The van der Waals surface area contributed by atoms with Crippen LogP contribution in [0, 0.1) is 5.41 Å². The van der Waals surface area contributed by atoms with Gasteiger partial charge in [-0.05, 0) is 26.7 Å². The van der Waals surface area contributed by atoms with Gasteiger partial charge in [-0.1, -0.05) is 83.4 Å². The van der Waals surface area contributed by atoms with E-state index in [2.05, 4.69) is 43.5 Å². The van der Waals surface area contributed by atoms with E-state index in [0.717, 1.165) is 99.6 Å². The predicted molar refractivity (Wildman–Crippen MR) is 255 cm³/mol. The summed E-state index contributed by atoms with van der Waals surface area (Å²) in [6.07, 6.45) is 1.90. The second kappa shape index (κ2) is 30.0. The first-order chi connectivity index (χ1) is 34.7. The number of unbranched alkanes of at least 4 members (excludes halogenated alkanes) is 9. The van der Waals surface area contributed by atoms with E-state index in [4.69, 9.17) is 19.9 Å². The quantitative estimate of drug-likeness (QED) is 0.0360. The summed E-state index contributed by atoms with van der Waals surface area (Å²) in [5.74, 6) is -1.20. The van der Waals surface area contributed by atoms with Crippen LogP contribution in [0.15, 0.2) is 12.7 Å². The summed E-state index contributed by atoms with van der Waals surface area (Å²) in [4.78, 5) is 97.1. The highest BCUT2D eigenvalue weighted by Gasteiger charge is 2.47. The number of fused-ring (bicyclic) bond motifs is 1. The van der Waals surface area contributed by atoms with Gasteiger partial charge in [-0.15, -0.1) is 0 Å². The van der Waals surface area contributed by atoms with Gasteiger partial charge in [0.25, 0.3) is 15.6 Å². The van der Waals surface area contributed by atoms with Crippen LogP contribution in [-0.4, -0.2) is 144 Å². The van der Waals surface area contributed by atoms with Crippen LogP contribution in [-0.2, 0) is 60.2 Å². The normalized spacial score (nSPS) is 25.0. The number of phosphoric acid groups is 3. The van der Waals surface area contributed by atoms with Crippen molar-refractivity contribution in [3.05, 3.63) is 12.7 Å². The first kappa shape index (κ1) is 63.9. The minimum atomic E-state index is -5.93. The Kier molecular flexibility index (Phi) is 25.9. The molecule has 0 aliphatic carbocycles. The van der Waals surface area contributed by atoms with E-state index in [1.54, 1.807) is 6.92 Å². The van der Waals surface area contributed by atoms with E-state index in [1.165, 1.54) is 13.8 Å². The molecule has 2 aliphatic heterocycles. The lowest BCUT2D eigenvalue weighted by molar-refractivity contribution is -0.347. The van der Waals surface area contributed by atoms with Crippen molar-refractivity contribution in [1.82, 2.24) is 30.2 Å². The minimum absolute atomic E-state index is 0.0235. The fourth-order valence-corrected chi connectivity index (χ4v) is 11.3. The van der Waals surface area contributed by atoms with E-state index in [1.807, 2.05) is 6.92 Å². The number of nitrogens with zero attached hydrogens (tertiary/aromatic N) is 4. The molecule has 2 aromatic heterocycles. The van der Waals surface area contributed by atoms with Gasteiger partial charge in [-0.25, -0.2) is 19.3 Å². The van der Waals surface area contributed by atoms with E-state index in [-0.39, 0.29) is 60.2 Å². The molecule has 424 valence electrons. The maximum atomic E-state index is 12.7. The zero-order valence-corrected chi connectivity index (χ0v) is 45.2. The van der Waals surface area contributed by atoms with Crippen molar-refractivity contribution >= 4 is 69.1 Å². The molecule has 2 saturated heterocycles. The second-order valence-electron chi connectivity index (χ2n) is 18.8. The topological polar surface area (TPSA) is 434 Å². The highest BCUT2D eigenvalue weighted by Crippen LogP contribution is 2.56. The van der Waals surface area contributed by atoms with Crippen molar-refractivity contribution in [1.29, 1.82) is 0 Å². The Hall–Kier alpha value is -2.60. The van der Waals surface area contributed by atoms with E-state index in [9.17, 15) is 68.1 Å². The van der Waals surface area contributed by atoms with E-state index < -0.39 is 103 Å². The maximum absolute atomic E-state index is 12.7. The molecule has 0 aromatic carbocycles. The van der Waals surface area contributed by atoms with Crippen LogP contribution in [0.5, 0.6) is 0 Å². The third kappa shape index (κ3) is 21.7. The Bertz CT molecular complexity index is 2250. The molecule has 4 rings (SSSR count). The zero-order chi connectivity index (χ0) is 54.9. The Labute approximate surface area is 433 Å². The fourth-order valence-electron chi connectivity index (χ4n) is 7.82. The van der Waals surface area contributed by atoms with Gasteiger partial charge in [0.15, 0.2) is 29.1 Å². The van der Waals surface area contributed by atoms with Crippen LogP contribution in [0.25, 0.3) is 11.2 Å². The summed E-state index contributed by atoms with van der Waals surface area (Å²) >= 11 is 1.12. The highest BCUT2D eigenvalue weighted by molar-refractivity contribution is 8.13. The first-order valence-electron chi connectivity index (χ1n) is 24.3. The largest absolute Gasteiger partial charge is 0.790 e. The number of amides is 2. The van der Waals surface area contributed by atoms with Crippen LogP contribution in [0.1, 0.15) is 124 Å². The van der Waals surface area contributed by atoms with E-state index in [0.29, 0.717) is 12.2 Å². The number of hydrogen-bond donors (Lipinski definition) is 7. The molecule has 12 atom stereocenters. The lowest BCUT2D eigenvalue weighted by atomic mass is 9.87. The van der Waals surface area contributed by atoms with Crippen molar-refractivity contribution in [2.45, 2.75) is 179 Å². The van der Waals surface area contributed by atoms with Crippen LogP contribution in [0.2, 0.25) is 0 Å². The number of thioether (sulfide) groups is 1. The van der Waals surface area contributed by atoms with Gasteiger partial charge < -0.3 is 88.7 Å². The molecule has 0 spiro atoms. The molecule has 2 amide bonds. The van der Waals surface area contributed by atoms with Crippen LogP contribution < -0.4 is 35.9 Å². The number of carbonyl (C=O) groups is 3. The number of aliphatic hydroxyl groups is 4. The molecule has 2 aromatic rings. The number of aromatic nitrogens is 4. The van der Waals surface area contributed by atoms with Gasteiger partial charge in [0.05, 0.1) is 45.7 Å². The standard InChI is InChI=1S/C42H74N7O21P3S/c1-26(66-41-29(51)21-28(50)27(2)67-41)15-13-11-9-7-5-6-8-10-12-14-16-32(53)74-20-19-44-31(52)17-18-45-39(56)36(55)42(3,4)23-65-73(62,63)70-72(60,61)64-22-30-35(69-71(57,58)59)34(54)40(68-30)49-25-48-33-37(43)46-24-47-38(33)49/h24-30,34-36,40-41,50-51,54-55H,5-23H2,1-4H3,(H,44,52)(H,45,56)(H,60,61)(H,62,63)(H2,43,46,47)(H2,57,58,59)/p-4/t26-,27+,28-,29-,30-,34-,35-,36+,40-,41-/m1/s1. The third-order valence-electron chi connectivity index (χ3n) is 12.0. The molecule has 32 heteroatoms. The minimum Gasteiger partial charge on any atom is -0.790 e. The molecule has 2 unspecified atom stereocenters. The molecule has 74 heavy (non-hydrogen) atoms. The number of anilines is 1. The van der Waals surface area contributed by atoms with Gasteiger partial charge in [0, 0.05) is 43.5 Å². The number of ether oxygens (including phenoxy) is 3. The van der Waals surface area contributed by atoms with Gasteiger partial charge in [-0.3, -0.25) is 28.1 Å². The van der Waals surface area contributed by atoms with Gasteiger partial charge in [0.2, 0.25) is 11.8 Å². The zero-order valence-electron chi connectivity index (χ0n) is 41.7. The van der Waals surface area contributed by atoms with Gasteiger partial charge in [-0.2, -0.15) is 0 Å². The van der Waals surface area contributed by atoms with Gasteiger partial charge >= 0.3 is 0 Å². The maximum Gasteiger partial charge on any atom is 0.274 e. The number of hydrogen-bond acceptors (Lipinski definition) is 26. The summed E-state index contributed by atoms with van der Waals surface area (Å²) in [7, 11) is -17.6. The lowest BCUT2D eigenvalue weighted by Crippen LogP contribution is -2.48. The number of nitrogen functional groups attached to an aromatic ring is 1. The average molecular weight is 1130 g/mol. The fraction of sp³-hybridized carbons (Fsp3) is 0.810.